The van der Waals surface area contributed by atoms with Crippen molar-refractivity contribution in [2.45, 2.75) is 19.6 Å². The molecule has 3 aromatic rings. The van der Waals surface area contributed by atoms with Crippen LogP contribution in [0.3, 0.4) is 0 Å². The number of rotatable bonds is 7. The molecule has 2 amide bonds. The largest absolute Gasteiger partial charge is 0.494 e. The average molecular weight is 466 g/mol. The van der Waals surface area contributed by atoms with Gasteiger partial charge in [-0.1, -0.05) is 48.5 Å². The van der Waals surface area contributed by atoms with Gasteiger partial charge in [0.25, 0.3) is 11.8 Å². The lowest BCUT2D eigenvalue weighted by Gasteiger charge is -2.15. The number of ether oxygens (including phenoxy) is 1. The van der Waals surface area contributed by atoms with Crippen molar-refractivity contribution in [2.75, 3.05) is 11.9 Å². The van der Waals surface area contributed by atoms with Gasteiger partial charge in [0.2, 0.25) is 0 Å². The zero-order valence-electron chi connectivity index (χ0n) is 18.2. The van der Waals surface area contributed by atoms with E-state index in [-0.39, 0.29) is 23.5 Å². The maximum Gasteiger partial charge on any atom is 0.416 e. The molecule has 0 fully saturated rings. The molecule has 174 valence electrons. The van der Waals surface area contributed by atoms with Crippen LogP contribution in [0.2, 0.25) is 0 Å². The molecule has 3 aromatic carbocycles. The minimum Gasteiger partial charge on any atom is -0.494 e. The molecule has 0 spiro atoms. The maximum absolute atomic E-state index is 13.4. The lowest BCUT2D eigenvalue weighted by atomic mass is 10.0. The molecule has 0 bridgehead atoms. The van der Waals surface area contributed by atoms with Crippen LogP contribution in [0.5, 0.6) is 5.75 Å². The second kappa shape index (κ2) is 9.43. The van der Waals surface area contributed by atoms with Crippen LogP contribution in [-0.2, 0) is 22.3 Å². The molecule has 4 rings (SSSR count). The van der Waals surface area contributed by atoms with Crippen molar-refractivity contribution in [2.24, 2.45) is 0 Å². The molecule has 0 unspecified atom stereocenters. The van der Waals surface area contributed by atoms with Gasteiger partial charge in [0.05, 0.1) is 24.3 Å². The third kappa shape index (κ3) is 4.80. The number of hydrogen-bond donors (Lipinski definition) is 1. The average Bonchev–Trinajstić information content (AvgIpc) is 3.04. The van der Waals surface area contributed by atoms with Crippen molar-refractivity contribution in [3.63, 3.8) is 0 Å². The quantitative estimate of drug-likeness (QED) is 0.468. The second-order valence-electron chi connectivity index (χ2n) is 7.59. The molecule has 5 nitrogen and oxygen atoms in total. The number of carbonyl (C=O) groups excluding carboxylic acids is 2. The molecule has 1 N–H and O–H groups in total. The van der Waals surface area contributed by atoms with E-state index in [1.807, 2.05) is 13.0 Å². The first kappa shape index (κ1) is 23.1. The zero-order chi connectivity index (χ0) is 24.3. The Bertz CT molecular complexity index is 1240. The van der Waals surface area contributed by atoms with E-state index in [1.165, 1.54) is 12.1 Å². The molecule has 0 saturated heterocycles. The van der Waals surface area contributed by atoms with Crippen LogP contribution in [0.25, 0.3) is 5.57 Å². The Morgan fingerprint density at radius 1 is 0.882 bits per heavy atom. The maximum atomic E-state index is 13.4. The lowest BCUT2D eigenvalue weighted by Crippen LogP contribution is -2.32. The van der Waals surface area contributed by atoms with Crippen LogP contribution >= 0.6 is 0 Å². The van der Waals surface area contributed by atoms with Crippen LogP contribution in [-0.4, -0.2) is 23.3 Å². The molecule has 0 atom stereocenters. The van der Waals surface area contributed by atoms with E-state index in [0.717, 1.165) is 22.6 Å². The van der Waals surface area contributed by atoms with Crippen molar-refractivity contribution >= 4 is 23.1 Å². The van der Waals surface area contributed by atoms with Gasteiger partial charge in [-0.2, -0.15) is 13.2 Å². The highest BCUT2D eigenvalue weighted by Crippen LogP contribution is 2.34. The first-order valence-corrected chi connectivity index (χ1v) is 10.6. The smallest absolute Gasteiger partial charge is 0.416 e. The summed E-state index contributed by atoms with van der Waals surface area (Å²) >= 11 is 0. The Labute approximate surface area is 194 Å². The first-order chi connectivity index (χ1) is 16.3. The van der Waals surface area contributed by atoms with Gasteiger partial charge in [-0.25, -0.2) is 0 Å². The van der Waals surface area contributed by atoms with E-state index in [2.05, 4.69) is 5.32 Å². The molecule has 0 aromatic heterocycles. The van der Waals surface area contributed by atoms with Gasteiger partial charge in [0.15, 0.2) is 0 Å². The summed E-state index contributed by atoms with van der Waals surface area (Å²) in [5.74, 6) is -0.556. The summed E-state index contributed by atoms with van der Waals surface area (Å²) in [7, 11) is 0. The van der Waals surface area contributed by atoms with Crippen LogP contribution < -0.4 is 10.1 Å². The summed E-state index contributed by atoms with van der Waals surface area (Å²) in [6.45, 7) is 2.34. The highest BCUT2D eigenvalue weighted by Gasteiger charge is 2.39. The molecule has 1 heterocycles. The molecule has 8 heteroatoms. The second-order valence-corrected chi connectivity index (χ2v) is 7.59. The topological polar surface area (TPSA) is 58.6 Å². The van der Waals surface area contributed by atoms with Crippen LogP contribution in [0.1, 0.15) is 23.6 Å². The molecule has 1 aliphatic rings. The van der Waals surface area contributed by atoms with Gasteiger partial charge in [0.1, 0.15) is 11.4 Å². The van der Waals surface area contributed by atoms with Crippen molar-refractivity contribution in [1.29, 1.82) is 0 Å². The van der Waals surface area contributed by atoms with Crippen molar-refractivity contribution in [1.82, 2.24) is 4.90 Å². The van der Waals surface area contributed by atoms with Crippen LogP contribution in [0, 0.1) is 0 Å². The molecular formula is C26H21F3N2O3. The summed E-state index contributed by atoms with van der Waals surface area (Å²) < 4.78 is 45.0. The Kier molecular flexibility index (Phi) is 6.40. The third-order valence-electron chi connectivity index (χ3n) is 5.26. The van der Waals surface area contributed by atoms with Crippen molar-refractivity contribution in [3.05, 3.63) is 101 Å². The SMILES string of the molecule is CCOc1ccc(C2=C(Nc3cccc(C(F)(F)F)c3)C(=O)N(Cc3ccccc3)C2=O)cc1. The fourth-order valence-electron chi connectivity index (χ4n) is 3.67. The summed E-state index contributed by atoms with van der Waals surface area (Å²) in [5, 5.41) is 2.77. The monoisotopic (exact) mass is 466 g/mol. The number of imide groups is 1. The molecular weight excluding hydrogens is 445 g/mol. The van der Waals surface area contributed by atoms with E-state index in [0.29, 0.717) is 17.9 Å². The van der Waals surface area contributed by atoms with Gasteiger partial charge in [-0.3, -0.25) is 14.5 Å². The fraction of sp³-hybridized carbons (Fsp3) is 0.154. The number of alkyl halides is 3. The van der Waals surface area contributed by atoms with Gasteiger partial charge < -0.3 is 10.1 Å². The standard InChI is InChI=1S/C26H21F3N2O3/c1-2-34-21-13-11-18(12-14-21)22-23(30-20-10-6-9-19(15-20)26(27,28)29)25(33)31(24(22)32)16-17-7-4-3-5-8-17/h3-15,30H,2,16H2,1H3. The van der Waals surface area contributed by atoms with Crippen LogP contribution in [0.15, 0.2) is 84.6 Å². The summed E-state index contributed by atoms with van der Waals surface area (Å²) in [6, 6.07) is 20.1. The third-order valence-corrected chi connectivity index (χ3v) is 5.26. The molecule has 0 saturated carbocycles. The first-order valence-electron chi connectivity index (χ1n) is 10.6. The van der Waals surface area contributed by atoms with Gasteiger partial charge in [-0.05, 0) is 48.4 Å². The Balaban J connectivity index is 1.74. The van der Waals surface area contributed by atoms with Gasteiger partial charge >= 0.3 is 6.18 Å². The lowest BCUT2D eigenvalue weighted by molar-refractivity contribution is -0.138. The van der Waals surface area contributed by atoms with E-state index in [1.54, 1.807) is 48.5 Å². The predicted molar refractivity (Wildman–Crippen MR) is 122 cm³/mol. The molecule has 0 radical (unpaired) electrons. The van der Waals surface area contributed by atoms with Crippen molar-refractivity contribution in [3.8, 4) is 5.75 Å². The number of hydrogen-bond acceptors (Lipinski definition) is 4. The van der Waals surface area contributed by atoms with E-state index in [4.69, 9.17) is 4.74 Å². The molecule has 0 aliphatic carbocycles. The molecule has 34 heavy (non-hydrogen) atoms. The van der Waals surface area contributed by atoms with E-state index >= 15 is 0 Å². The Hall–Kier alpha value is -4.07. The summed E-state index contributed by atoms with van der Waals surface area (Å²) in [4.78, 5) is 27.7. The minimum atomic E-state index is -4.54. The summed E-state index contributed by atoms with van der Waals surface area (Å²) in [6.07, 6.45) is -4.54. The number of amides is 2. The minimum absolute atomic E-state index is 0.0345. The number of anilines is 1. The number of carbonyl (C=O) groups is 2. The number of nitrogens with one attached hydrogen (secondary N) is 1. The number of benzene rings is 3. The number of halogens is 3. The normalized spacial score (nSPS) is 14.1. The van der Waals surface area contributed by atoms with Gasteiger partial charge in [0, 0.05) is 5.69 Å². The van der Waals surface area contributed by atoms with Crippen molar-refractivity contribution < 1.29 is 27.5 Å². The zero-order valence-corrected chi connectivity index (χ0v) is 18.2. The Morgan fingerprint density at radius 3 is 2.24 bits per heavy atom. The number of nitrogens with zero attached hydrogens (tertiary/aromatic N) is 1. The highest BCUT2D eigenvalue weighted by atomic mass is 19.4. The highest BCUT2D eigenvalue weighted by molar-refractivity contribution is 6.36. The summed E-state index contributed by atoms with van der Waals surface area (Å²) in [5.41, 5.74) is 0.391. The van der Waals surface area contributed by atoms with E-state index in [9.17, 15) is 22.8 Å². The fourth-order valence-corrected chi connectivity index (χ4v) is 3.67. The van der Waals surface area contributed by atoms with Gasteiger partial charge in [-0.15, -0.1) is 0 Å². The molecule has 1 aliphatic heterocycles. The predicted octanol–water partition coefficient (Wildman–Crippen LogP) is 5.50. The Morgan fingerprint density at radius 2 is 1.59 bits per heavy atom. The van der Waals surface area contributed by atoms with Crippen LogP contribution in [0.4, 0.5) is 18.9 Å². The van der Waals surface area contributed by atoms with E-state index < -0.39 is 23.6 Å².